The van der Waals surface area contributed by atoms with Crippen molar-refractivity contribution in [3.8, 4) is 0 Å². The topological polar surface area (TPSA) is 40.5 Å². The lowest BCUT2D eigenvalue weighted by atomic mass is 10.1. The molecular formula is C16H24N4O2. The first-order valence-corrected chi connectivity index (χ1v) is 7.75. The van der Waals surface area contributed by atoms with Crippen LogP contribution in [-0.2, 0) is 9.57 Å². The van der Waals surface area contributed by atoms with Gasteiger partial charge in [0.25, 0.3) is 0 Å². The van der Waals surface area contributed by atoms with Crippen LogP contribution in [0.5, 0.6) is 0 Å². The minimum Gasteiger partial charge on any atom is -0.489 e. The van der Waals surface area contributed by atoms with Crippen LogP contribution < -0.4 is 0 Å². The lowest BCUT2D eigenvalue weighted by Crippen LogP contribution is -2.42. The largest absolute Gasteiger partial charge is 0.489 e. The van der Waals surface area contributed by atoms with E-state index in [0.717, 1.165) is 36.1 Å². The molecule has 6 heteroatoms. The molecule has 0 spiro atoms. The quantitative estimate of drug-likeness (QED) is 0.797. The van der Waals surface area contributed by atoms with Crippen molar-refractivity contribution in [2.75, 3.05) is 26.9 Å². The van der Waals surface area contributed by atoms with Gasteiger partial charge < -0.3 is 14.5 Å². The van der Waals surface area contributed by atoms with Gasteiger partial charge in [-0.3, -0.25) is 4.84 Å². The molecule has 3 aliphatic rings. The maximum absolute atomic E-state index is 6.06. The molecule has 3 aliphatic heterocycles. The summed E-state index contributed by atoms with van der Waals surface area (Å²) < 4.78 is 6.06. The van der Waals surface area contributed by atoms with Crippen molar-refractivity contribution in [3.05, 3.63) is 34.7 Å². The summed E-state index contributed by atoms with van der Waals surface area (Å²) in [5, 5.41) is 1.80. The Morgan fingerprint density at radius 3 is 2.77 bits per heavy atom. The summed E-state index contributed by atoms with van der Waals surface area (Å²) in [4.78, 5) is 14.6. The van der Waals surface area contributed by atoms with Crippen LogP contribution in [0.2, 0.25) is 0 Å². The number of rotatable bonds is 4. The zero-order chi connectivity index (χ0) is 15.9. The Morgan fingerprint density at radius 1 is 1.36 bits per heavy atom. The van der Waals surface area contributed by atoms with Gasteiger partial charge in [0.1, 0.15) is 23.9 Å². The average molecular weight is 304 g/mol. The van der Waals surface area contributed by atoms with Crippen molar-refractivity contribution < 1.29 is 9.57 Å². The van der Waals surface area contributed by atoms with Crippen LogP contribution in [-0.4, -0.2) is 54.0 Å². The molecule has 22 heavy (non-hydrogen) atoms. The molecule has 0 unspecified atom stereocenters. The van der Waals surface area contributed by atoms with Crippen LogP contribution in [0.1, 0.15) is 27.7 Å². The Kier molecular flexibility index (Phi) is 3.87. The van der Waals surface area contributed by atoms with Gasteiger partial charge in [-0.1, -0.05) is 0 Å². The summed E-state index contributed by atoms with van der Waals surface area (Å²) in [5.41, 5.74) is 3.19. The Labute approximate surface area is 131 Å². The third kappa shape index (κ3) is 2.37. The van der Waals surface area contributed by atoms with E-state index in [4.69, 9.17) is 9.57 Å². The number of nitrogens with zero attached hydrogens (tertiary/aromatic N) is 4. The third-order valence-corrected chi connectivity index (χ3v) is 3.96. The van der Waals surface area contributed by atoms with Crippen LogP contribution in [0.15, 0.2) is 39.7 Å². The molecule has 120 valence electrons. The second-order valence-electron chi connectivity index (χ2n) is 5.94. The number of ether oxygens (including phenoxy) is 1. The summed E-state index contributed by atoms with van der Waals surface area (Å²) in [7, 11) is 1.68. The molecule has 0 amide bonds. The van der Waals surface area contributed by atoms with E-state index < -0.39 is 0 Å². The highest BCUT2D eigenvalue weighted by Crippen LogP contribution is 2.37. The van der Waals surface area contributed by atoms with Crippen molar-refractivity contribution in [1.82, 2.24) is 14.9 Å². The predicted octanol–water partition coefficient (Wildman–Crippen LogP) is 2.25. The monoisotopic (exact) mass is 304 g/mol. The maximum atomic E-state index is 6.06. The summed E-state index contributed by atoms with van der Waals surface area (Å²) in [6, 6.07) is 0. The number of fused-ring (bicyclic) bond motifs is 2. The molecule has 6 nitrogen and oxygen atoms in total. The lowest BCUT2D eigenvalue weighted by Gasteiger charge is -2.40. The van der Waals surface area contributed by atoms with Crippen molar-refractivity contribution >= 4 is 6.21 Å². The normalized spacial score (nSPS) is 20.8. The van der Waals surface area contributed by atoms with E-state index in [-0.39, 0.29) is 6.10 Å². The first kappa shape index (κ1) is 15.0. The smallest absolute Gasteiger partial charge is 0.149 e. The van der Waals surface area contributed by atoms with Crippen molar-refractivity contribution in [1.29, 1.82) is 0 Å². The number of hydroxylamine groups is 2. The van der Waals surface area contributed by atoms with E-state index in [1.165, 1.54) is 5.57 Å². The van der Waals surface area contributed by atoms with Crippen molar-refractivity contribution in [2.24, 2.45) is 4.99 Å². The van der Waals surface area contributed by atoms with Gasteiger partial charge in [-0.2, -0.15) is 0 Å². The van der Waals surface area contributed by atoms with Gasteiger partial charge >= 0.3 is 0 Å². The zero-order valence-electron chi connectivity index (χ0n) is 14.0. The third-order valence-electron chi connectivity index (χ3n) is 3.96. The average Bonchev–Trinajstić information content (AvgIpc) is 2.92. The van der Waals surface area contributed by atoms with Gasteiger partial charge in [-0.05, 0) is 33.3 Å². The molecule has 3 rings (SSSR count). The molecule has 0 saturated carbocycles. The fourth-order valence-electron chi connectivity index (χ4n) is 2.97. The molecule has 0 aromatic rings. The van der Waals surface area contributed by atoms with Gasteiger partial charge in [-0.15, -0.1) is 0 Å². The van der Waals surface area contributed by atoms with Gasteiger partial charge in [0.05, 0.1) is 31.3 Å². The second kappa shape index (κ2) is 5.68. The number of hydrogen-bond donors (Lipinski definition) is 0. The molecule has 0 bridgehead atoms. The fraction of sp³-hybridized carbons (Fsp3) is 0.562. The molecule has 3 heterocycles. The van der Waals surface area contributed by atoms with Crippen molar-refractivity contribution in [3.63, 3.8) is 0 Å². The molecule has 0 fully saturated rings. The van der Waals surface area contributed by atoms with Crippen LogP contribution in [0.3, 0.4) is 0 Å². The Hall–Kier alpha value is -1.95. The first-order valence-electron chi connectivity index (χ1n) is 7.75. The highest BCUT2D eigenvalue weighted by atomic mass is 16.7. The molecule has 0 N–H and O–H groups in total. The minimum absolute atomic E-state index is 0.132. The summed E-state index contributed by atoms with van der Waals surface area (Å²) in [5.74, 6) is 2.03. The number of allylic oxidation sites excluding steroid dienone is 1. The maximum Gasteiger partial charge on any atom is 0.149 e. The first-order chi connectivity index (χ1) is 10.5. The minimum atomic E-state index is 0.132. The van der Waals surface area contributed by atoms with Crippen LogP contribution in [0.25, 0.3) is 0 Å². The fourth-order valence-corrected chi connectivity index (χ4v) is 2.97. The second-order valence-corrected chi connectivity index (χ2v) is 5.94. The van der Waals surface area contributed by atoms with Crippen LogP contribution in [0.4, 0.5) is 0 Å². The molecule has 0 atom stereocenters. The zero-order valence-corrected chi connectivity index (χ0v) is 14.0. The summed E-state index contributed by atoms with van der Waals surface area (Å²) >= 11 is 0. The predicted molar refractivity (Wildman–Crippen MR) is 85.3 cm³/mol. The number of hydrogen-bond acceptors (Lipinski definition) is 6. The van der Waals surface area contributed by atoms with Crippen LogP contribution in [0, 0.1) is 0 Å². The van der Waals surface area contributed by atoms with E-state index in [0.29, 0.717) is 6.67 Å². The summed E-state index contributed by atoms with van der Waals surface area (Å²) in [6.45, 7) is 10.8. The highest BCUT2D eigenvalue weighted by molar-refractivity contribution is 5.82. The van der Waals surface area contributed by atoms with E-state index in [9.17, 15) is 0 Å². The molecule has 0 aromatic heterocycles. The standard InChI is InChI=1S/C16H24N4O2/c1-6-18-8-12(4)15(22-11(2)3)14-16(18)20-10-19(21-5)9-13(20)7-17-14/h7,9,11H,6,8,10H2,1-5H3. The van der Waals surface area contributed by atoms with E-state index in [1.54, 1.807) is 12.2 Å². The Morgan fingerprint density at radius 2 is 2.14 bits per heavy atom. The molecule has 0 radical (unpaired) electrons. The molecule has 0 saturated heterocycles. The van der Waals surface area contributed by atoms with Crippen molar-refractivity contribution in [2.45, 2.75) is 33.8 Å². The lowest BCUT2D eigenvalue weighted by molar-refractivity contribution is -0.0972. The molecular weight excluding hydrogens is 280 g/mol. The highest BCUT2D eigenvalue weighted by Gasteiger charge is 2.36. The van der Waals surface area contributed by atoms with Gasteiger partial charge in [0, 0.05) is 13.1 Å². The van der Waals surface area contributed by atoms with Gasteiger partial charge in [-0.25, -0.2) is 10.1 Å². The van der Waals surface area contributed by atoms with Gasteiger partial charge in [0.2, 0.25) is 0 Å². The molecule has 0 aliphatic carbocycles. The Balaban J connectivity index is 2.03. The SMILES string of the molecule is CCN1CC(C)=C(OC(C)C)C2=C1N1CN(OC)C=C1C=N2. The Bertz CT molecular complexity index is 589. The van der Waals surface area contributed by atoms with E-state index in [2.05, 4.69) is 28.6 Å². The number of likely N-dealkylation sites (N-methyl/N-ethyl adjacent to an activating group) is 1. The molecule has 0 aromatic carbocycles. The van der Waals surface area contributed by atoms with E-state index in [1.807, 2.05) is 26.3 Å². The van der Waals surface area contributed by atoms with E-state index >= 15 is 0 Å². The van der Waals surface area contributed by atoms with Crippen LogP contribution >= 0.6 is 0 Å². The summed E-state index contributed by atoms with van der Waals surface area (Å²) in [6.07, 6.45) is 3.98. The van der Waals surface area contributed by atoms with Gasteiger partial charge in [0.15, 0.2) is 0 Å². The number of aliphatic imine (C=N–C) groups is 1.